The van der Waals surface area contributed by atoms with Gasteiger partial charge in [-0.3, -0.25) is 9.69 Å². The normalized spacial score (nSPS) is 24.1. The number of sulfone groups is 1. The summed E-state index contributed by atoms with van der Waals surface area (Å²) in [6, 6.07) is -0.118. The van der Waals surface area contributed by atoms with Crippen LogP contribution in [-0.2, 0) is 14.6 Å². The van der Waals surface area contributed by atoms with Crippen LogP contribution in [0.25, 0.3) is 0 Å². The van der Waals surface area contributed by atoms with E-state index in [1.807, 2.05) is 18.9 Å². The summed E-state index contributed by atoms with van der Waals surface area (Å²) >= 11 is 0. The lowest BCUT2D eigenvalue weighted by Gasteiger charge is -2.31. The summed E-state index contributed by atoms with van der Waals surface area (Å²) in [5.41, 5.74) is 5.68. The Morgan fingerprint density at radius 1 is 1.56 bits per heavy atom. The number of amides is 1. The van der Waals surface area contributed by atoms with Crippen LogP contribution in [0.5, 0.6) is 0 Å². The predicted octanol–water partition coefficient (Wildman–Crippen LogP) is -1.04. The van der Waals surface area contributed by atoms with Gasteiger partial charge >= 0.3 is 0 Å². The molecule has 0 spiro atoms. The van der Waals surface area contributed by atoms with Crippen molar-refractivity contribution in [1.29, 1.82) is 0 Å². The van der Waals surface area contributed by atoms with Gasteiger partial charge in [0.15, 0.2) is 9.84 Å². The lowest BCUT2D eigenvalue weighted by molar-refractivity contribution is -0.122. The number of likely N-dealkylation sites (N-methyl/N-ethyl adjacent to an activating group) is 1. The second-order valence-corrected chi connectivity index (χ2v) is 7.00. The molecule has 0 aromatic rings. The largest absolute Gasteiger partial charge is 0.356 e. The van der Waals surface area contributed by atoms with E-state index in [0.29, 0.717) is 25.9 Å². The van der Waals surface area contributed by atoms with Crippen molar-refractivity contribution in [2.75, 3.05) is 31.6 Å². The van der Waals surface area contributed by atoms with E-state index >= 15 is 0 Å². The van der Waals surface area contributed by atoms with Crippen molar-refractivity contribution in [3.63, 3.8) is 0 Å². The molecule has 0 aromatic carbocycles. The fraction of sp³-hybridized carbons (Fsp3) is 0.909. The Labute approximate surface area is 109 Å². The number of nitrogens with two attached hydrogens (primary N) is 1. The number of nitrogens with zero attached hydrogens (tertiary/aromatic N) is 1. The molecule has 0 bridgehead atoms. The van der Waals surface area contributed by atoms with E-state index in [0.717, 1.165) is 0 Å². The van der Waals surface area contributed by atoms with Crippen LogP contribution >= 0.6 is 0 Å². The number of hydrogen-bond acceptors (Lipinski definition) is 5. The molecule has 1 saturated heterocycles. The van der Waals surface area contributed by atoms with Crippen molar-refractivity contribution >= 4 is 15.7 Å². The predicted molar refractivity (Wildman–Crippen MR) is 71.0 cm³/mol. The maximum absolute atomic E-state index is 11.5. The molecule has 2 unspecified atom stereocenters. The maximum atomic E-state index is 11.5. The minimum Gasteiger partial charge on any atom is -0.356 e. The molecule has 1 aliphatic rings. The van der Waals surface area contributed by atoms with Crippen molar-refractivity contribution in [3.05, 3.63) is 0 Å². The average molecular weight is 277 g/mol. The Morgan fingerprint density at radius 3 is 2.67 bits per heavy atom. The van der Waals surface area contributed by atoms with Crippen molar-refractivity contribution in [1.82, 2.24) is 10.2 Å². The fourth-order valence-corrected chi connectivity index (χ4v) is 4.06. The van der Waals surface area contributed by atoms with Gasteiger partial charge in [0.05, 0.1) is 11.5 Å². The number of nitrogens with one attached hydrogen (secondary N) is 1. The molecule has 18 heavy (non-hydrogen) atoms. The molecule has 1 fully saturated rings. The van der Waals surface area contributed by atoms with Gasteiger partial charge in [0, 0.05) is 31.6 Å². The molecule has 0 aliphatic carbocycles. The van der Waals surface area contributed by atoms with Crippen LogP contribution in [-0.4, -0.2) is 63.0 Å². The average Bonchev–Trinajstić information content (AvgIpc) is 2.66. The second-order valence-electron chi connectivity index (χ2n) is 4.77. The summed E-state index contributed by atoms with van der Waals surface area (Å²) < 4.78 is 22.9. The summed E-state index contributed by atoms with van der Waals surface area (Å²) in [6.07, 6.45) is 0.947. The first-order chi connectivity index (χ1) is 8.39. The molecule has 2 atom stereocenters. The first kappa shape index (κ1) is 15.4. The van der Waals surface area contributed by atoms with Gasteiger partial charge in [-0.05, 0) is 20.4 Å². The van der Waals surface area contributed by atoms with Crippen LogP contribution in [0.3, 0.4) is 0 Å². The standard InChI is InChI=1S/C11H23N3O3S/c1-3-13-11(15)6-10(7-12)14(2)9-4-5-18(16,17)8-9/h9-10H,3-8,12H2,1-2H3,(H,13,15). The van der Waals surface area contributed by atoms with Gasteiger partial charge in [0.1, 0.15) is 0 Å². The van der Waals surface area contributed by atoms with E-state index in [2.05, 4.69) is 5.32 Å². The third-order valence-electron chi connectivity index (χ3n) is 3.43. The molecular formula is C11H23N3O3S. The third kappa shape index (κ3) is 4.22. The molecule has 1 heterocycles. The highest BCUT2D eigenvalue weighted by atomic mass is 32.2. The van der Waals surface area contributed by atoms with Crippen LogP contribution in [0.4, 0.5) is 0 Å². The minimum atomic E-state index is -2.90. The lowest BCUT2D eigenvalue weighted by atomic mass is 10.1. The van der Waals surface area contributed by atoms with Crippen LogP contribution in [0.1, 0.15) is 19.8 Å². The molecule has 1 amide bonds. The summed E-state index contributed by atoms with van der Waals surface area (Å²) in [5.74, 6) is 0.371. The highest BCUT2D eigenvalue weighted by Crippen LogP contribution is 2.19. The first-order valence-electron chi connectivity index (χ1n) is 6.28. The Hall–Kier alpha value is -0.660. The zero-order valence-corrected chi connectivity index (χ0v) is 11.9. The summed E-state index contributed by atoms with van der Waals surface area (Å²) in [7, 11) is -1.05. The van der Waals surface area contributed by atoms with Crippen molar-refractivity contribution in [2.24, 2.45) is 5.73 Å². The van der Waals surface area contributed by atoms with E-state index in [1.54, 1.807) is 0 Å². The summed E-state index contributed by atoms with van der Waals surface area (Å²) in [5, 5.41) is 2.73. The molecule has 1 aliphatic heterocycles. The first-order valence-corrected chi connectivity index (χ1v) is 8.11. The van der Waals surface area contributed by atoms with E-state index in [1.165, 1.54) is 0 Å². The lowest BCUT2D eigenvalue weighted by Crippen LogP contribution is -2.47. The monoisotopic (exact) mass is 277 g/mol. The Kier molecular flexibility index (Phi) is 5.55. The molecule has 7 heteroatoms. The van der Waals surface area contributed by atoms with Gasteiger partial charge in [-0.25, -0.2) is 8.42 Å². The molecule has 0 saturated carbocycles. The van der Waals surface area contributed by atoms with E-state index in [4.69, 9.17) is 5.73 Å². The zero-order chi connectivity index (χ0) is 13.8. The van der Waals surface area contributed by atoms with Gasteiger partial charge in [0.2, 0.25) is 5.91 Å². The smallest absolute Gasteiger partial charge is 0.221 e. The third-order valence-corrected chi connectivity index (χ3v) is 5.18. The molecule has 3 N–H and O–H groups in total. The Bertz CT molecular complexity index is 383. The molecule has 6 nitrogen and oxygen atoms in total. The number of carbonyl (C=O) groups is 1. The molecule has 1 rings (SSSR count). The highest BCUT2D eigenvalue weighted by Gasteiger charge is 2.33. The Morgan fingerprint density at radius 2 is 2.22 bits per heavy atom. The van der Waals surface area contributed by atoms with Gasteiger partial charge < -0.3 is 11.1 Å². The Balaban J connectivity index is 2.57. The van der Waals surface area contributed by atoms with Crippen LogP contribution in [0.2, 0.25) is 0 Å². The van der Waals surface area contributed by atoms with Gasteiger partial charge in [-0.1, -0.05) is 0 Å². The van der Waals surface area contributed by atoms with Crippen LogP contribution in [0.15, 0.2) is 0 Å². The molecule has 0 aromatic heterocycles. The molecular weight excluding hydrogens is 254 g/mol. The maximum Gasteiger partial charge on any atom is 0.221 e. The van der Waals surface area contributed by atoms with Crippen LogP contribution in [0, 0.1) is 0 Å². The van der Waals surface area contributed by atoms with Gasteiger partial charge in [-0.15, -0.1) is 0 Å². The van der Waals surface area contributed by atoms with E-state index in [9.17, 15) is 13.2 Å². The second kappa shape index (κ2) is 6.49. The van der Waals surface area contributed by atoms with Gasteiger partial charge in [0.25, 0.3) is 0 Å². The van der Waals surface area contributed by atoms with Crippen molar-refractivity contribution < 1.29 is 13.2 Å². The van der Waals surface area contributed by atoms with Crippen LogP contribution < -0.4 is 11.1 Å². The summed E-state index contributed by atoms with van der Waals surface area (Å²) in [4.78, 5) is 13.5. The number of rotatable bonds is 6. The van der Waals surface area contributed by atoms with Crippen molar-refractivity contribution in [3.8, 4) is 0 Å². The van der Waals surface area contributed by atoms with Gasteiger partial charge in [-0.2, -0.15) is 0 Å². The van der Waals surface area contributed by atoms with Crippen molar-refractivity contribution in [2.45, 2.75) is 31.8 Å². The minimum absolute atomic E-state index is 0.0158. The number of hydrogen-bond donors (Lipinski definition) is 2. The van der Waals surface area contributed by atoms with E-state index < -0.39 is 9.84 Å². The molecule has 106 valence electrons. The quantitative estimate of drug-likeness (QED) is 0.647. The molecule has 0 radical (unpaired) electrons. The topological polar surface area (TPSA) is 92.5 Å². The van der Waals surface area contributed by atoms with E-state index in [-0.39, 0.29) is 29.5 Å². The summed E-state index contributed by atoms with van der Waals surface area (Å²) in [6.45, 7) is 2.81. The fourth-order valence-electron chi connectivity index (χ4n) is 2.27. The zero-order valence-electron chi connectivity index (χ0n) is 11.1. The highest BCUT2D eigenvalue weighted by molar-refractivity contribution is 7.91. The SMILES string of the molecule is CCNC(=O)CC(CN)N(C)C1CCS(=O)(=O)C1. The number of carbonyl (C=O) groups excluding carboxylic acids is 1.